The summed E-state index contributed by atoms with van der Waals surface area (Å²) in [7, 11) is 5.47. The van der Waals surface area contributed by atoms with Crippen LogP contribution in [0.4, 0.5) is 11.5 Å². The Morgan fingerprint density at radius 1 is 1.05 bits per heavy atom. The third-order valence-electron chi connectivity index (χ3n) is 8.20. The first-order valence-corrected chi connectivity index (χ1v) is 15.1. The number of aryl methyl sites for hydroxylation is 3. The van der Waals surface area contributed by atoms with Gasteiger partial charge in [0, 0.05) is 68.4 Å². The van der Waals surface area contributed by atoms with Gasteiger partial charge in [0.15, 0.2) is 5.82 Å². The number of nitrogens with zero attached hydrogens (tertiary/aromatic N) is 5. The van der Waals surface area contributed by atoms with Crippen molar-refractivity contribution in [3.8, 4) is 0 Å². The fourth-order valence-corrected chi connectivity index (χ4v) is 6.91. The molecular formula is C31H35N7O3S. The van der Waals surface area contributed by atoms with Crippen molar-refractivity contribution in [2.45, 2.75) is 44.2 Å². The van der Waals surface area contributed by atoms with Gasteiger partial charge in [-0.15, -0.1) is 11.3 Å². The first-order chi connectivity index (χ1) is 20.3. The van der Waals surface area contributed by atoms with Crippen molar-refractivity contribution in [1.82, 2.24) is 24.7 Å². The molecule has 0 saturated carbocycles. The number of aromatic nitrogens is 2. The van der Waals surface area contributed by atoms with E-state index in [-0.39, 0.29) is 35.3 Å². The van der Waals surface area contributed by atoms with Crippen LogP contribution in [-0.2, 0) is 24.7 Å². The molecule has 2 aromatic heterocycles. The zero-order chi connectivity index (χ0) is 29.4. The second kappa shape index (κ2) is 11.7. The first kappa shape index (κ1) is 28.0. The summed E-state index contributed by atoms with van der Waals surface area (Å²) in [5.74, 6) is 0.174. The molecule has 11 heteroatoms. The minimum absolute atomic E-state index is 0.0696. The van der Waals surface area contributed by atoms with Crippen LogP contribution in [0.5, 0.6) is 0 Å². The highest BCUT2D eigenvalue weighted by Crippen LogP contribution is 2.30. The molecule has 2 aliphatic heterocycles. The van der Waals surface area contributed by atoms with E-state index < -0.39 is 0 Å². The number of piperazine rings is 1. The van der Waals surface area contributed by atoms with Crippen molar-refractivity contribution in [3.63, 3.8) is 0 Å². The second-order valence-electron chi connectivity index (χ2n) is 11.3. The number of fused-ring (bicyclic) bond motifs is 1. The van der Waals surface area contributed by atoms with E-state index in [2.05, 4.69) is 25.5 Å². The molecular weight excluding hydrogens is 550 g/mol. The Kier molecular flexibility index (Phi) is 7.78. The van der Waals surface area contributed by atoms with Crippen LogP contribution in [0, 0.1) is 0 Å². The number of nitrogens with one attached hydrogen (secondary N) is 2. The minimum Gasteiger partial charge on any atom is -0.343 e. The zero-order valence-electron chi connectivity index (χ0n) is 24.1. The van der Waals surface area contributed by atoms with Gasteiger partial charge in [-0.25, -0.2) is 4.98 Å². The number of anilines is 2. The van der Waals surface area contributed by atoms with E-state index in [1.807, 2.05) is 44.4 Å². The van der Waals surface area contributed by atoms with E-state index in [1.54, 1.807) is 41.9 Å². The van der Waals surface area contributed by atoms with Crippen molar-refractivity contribution in [2.24, 2.45) is 12.0 Å². The number of hydrogen-bond acceptors (Lipinski definition) is 8. The van der Waals surface area contributed by atoms with Gasteiger partial charge in [-0.2, -0.15) is 0 Å². The lowest BCUT2D eigenvalue weighted by molar-refractivity contribution is -0.139. The van der Waals surface area contributed by atoms with Gasteiger partial charge in [-0.1, -0.05) is 12.1 Å². The van der Waals surface area contributed by atoms with E-state index in [0.29, 0.717) is 24.3 Å². The molecule has 0 radical (unpaired) electrons. The van der Waals surface area contributed by atoms with E-state index in [0.717, 1.165) is 35.4 Å². The van der Waals surface area contributed by atoms with E-state index in [1.165, 1.54) is 27.8 Å². The molecule has 218 valence electrons. The van der Waals surface area contributed by atoms with Crippen LogP contribution in [0.1, 0.15) is 56.7 Å². The second-order valence-corrected chi connectivity index (χ2v) is 12.4. The van der Waals surface area contributed by atoms with Gasteiger partial charge in [0.05, 0.1) is 16.6 Å². The van der Waals surface area contributed by atoms with E-state index >= 15 is 0 Å². The molecule has 0 bridgehead atoms. The highest BCUT2D eigenvalue weighted by Gasteiger charge is 2.32. The zero-order valence-corrected chi connectivity index (χ0v) is 24.9. The number of carbonyl (C=O) groups excluding carboxylic acids is 2. The van der Waals surface area contributed by atoms with Crippen LogP contribution in [0.25, 0.3) is 5.57 Å². The number of aliphatic imine (C=N–C) groups is 1. The number of amides is 2. The smallest absolute Gasteiger partial charge is 0.293 e. The molecule has 2 N–H and O–H groups in total. The molecule has 2 unspecified atom stereocenters. The number of likely N-dealkylation sites (N-methyl/N-ethyl adjacent to an activating group) is 2. The molecule has 3 aromatic rings. The Morgan fingerprint density at radius 3 is 2.62 bits per heavy atom. The maximum absolute atomic E-state index is 13.0. The predicted molar refractivity (Wildman–Crippen MR) is 166 cm³/mol. The van der Waals surface area contributed by atoms with Crippen LogP contribution < -0.4 is 16.2 Å². The lowest BCUT2D eigenvalue weighted by Crippen LogP contribution is -2.48. The standard InChI is InChI=1S/C31H35N7O3S/c1-36-12-13-37(2)30(40)27(36)19-8-10-22(11-9-19)33-28-31(41)38(3)18-24(35-28)21-14-23(17-32-16-21)34-29(39)26-15-20-6-4-5-7-25(20)42-26/h8-11,15-18,23,27H,4-7,12-14H2,1-3H3,(H,33,35)(H,34,39). The third-order valence-corrected chi connectivity index (χ3v) is 9.44. The predicted octanol–water partition coefficient (Wildman–Crippen LogP) is 3.52. The van der Waals surface area contributed by atoms with Gasteiger partial charge in [0.2, 0.25) is 5.91 Å². The quantitative estimate of drug-likeness (QED) is 0.458. The number of hydrogen-bond donors (Lipinski definition) is 2. The van der Waals surface area contributed by atoms with Crippen molar-refractivity contribution in [2.75, 3.05) is 32.5 Å². The van der Waals surface area contributed by atoms with E-state index in [4.69, 9.17) is 0 Å². The van der Waals surface area contributed by atoms with Crippen LogP contribution in [0.2, 0.25) is 0 Å². The summed E-state index contributed by atoms with van der Waals surface area (Å²) < 4.78 is 1.49. The Hall–Kier alpha value is -4.09. The topological polar surface area (TPSA) is 112 Å². The molecule has 1 saturated heterocycles. The molecule has 1 fully saturated rings. The Balaban J connectivity index is 1.15. The molecule has 1 aliphatic carbocycles. The summed E-state index contributed by atoms with van der Waals surface area (Å²) in [5.41, 5.74) is 4.06. The molecule has 1 aromatic carbocycles. The minimum atomic E-state index is -0.329. The van der Waals surface area contributed by atoms with Gasteiger partial charge in [0.25, 0.3) is 11.5 Å². The number of carbonyl (C=O) groups is 2. The fraction of sp³-hybridized carbons (Fsp3) is 0.387. The van der Waals surface area contributed by atoms with Gasteiger partial charge in [-0.3, -0.25) is 24.3 Å². The number of rotatable bonds is 6. The normalized spacial score (nSPS) is 20.7. The summed E-state index contributed by atoms with van der Waals surface area (Å²) in [5, 5.41) is 6.26. The molecule has 10 nitrogen and oxygen atoms in total. The Morgan fingerprint density at radius 2 is 1.83 bits per heavy atom. The molecule has 6 rings (SSSR count). The van der Waals surface area contributed by atoms with Gasteiger partial charge < -0.3 is 20.1 Å². The van der Waals surface area contributed by atoms with Crippen molar-refractivity contribution < 1.29 is 9.59 Å². The van der Waals surface area contributed by atoms with Crippen LogP contribution in [0.15, 0.2) is 52.5 Å². The average molecular weight is 586 g/mol. The fourth-order valence-electron chi connectivity index (χ4n) is 5.75. The molecule has 3 aliphatic rings. The molecule has 4 heterocycles. The van der Waals surface area contributed by atoms with Crippen molar-refractivity contribution in [1.29, 1.82) is 0 Å². The van der Waals surface area contributed by atoms with Gasteiger partial charge >= 0.3 is 0 Å². The van der Waals surface area contributed by atoms with Crippen LogP contribution in [-0.4, -0.2) is 70.6 Å². The maximum Gasteiger partial charge on any atom is 0.293 e. The monoisotopic (exact) mass is 585 g/mol. The molecule has 2 atom stereocenters. The summed E-state index contributed by atoms with van der Waals surface area (Å²) in [6.07, 6.45) is 10.1. The third kappa shape index (κ3) is 5.66. The van der Waals surface area contributed by atoms with Crippen LogP contribution >= 0.6 is 11.3 Å². The van der Waals surface area contributed by atoms with Gasteiger partial charge in [0.1, 0.15) is 6.04 Å². The molecule has 0 spiro atoms. The Bertz CT molecular complexity index is 1620. The SMILES string of the molecule is CN1CCN(C)C(c2ccc(Nc3nc(C4=CN=CC(NC(=O)c5cc6c(s5)CCCC6)C4)cn(C)c3=O)cc2)C1=O. The summed E-state index contributed by atoms with van der Waals surface area (Å²) >= 11 is 1.59. The average Bonchev–Trinajstić information content (AvgIpc) is 3.43. The summed E-state index contributed by atoms with van der Waals surface area (Å²) in [4.78, 5) is 53.7. The molecule has 42 heavy (non-hydrogen) atoms. The number of thiophene rings is 1. The largest absolute Gasteiger partial charge is 0.343 e. The highest BCUT2D eigenvalue weighted by atomic mass is 32.1. The van der Waals surface area contributed by atoms with Crippen molar-refractivity contribution in [3.05, 3.63) is 79.7 Å². The lowest BCUT2D eigenvalue weighted by atomic mass is 9.99. The molecule has 2 amide bonds. The summed E-state index contributed by atoms with van der Waals surface area (Å²) in [6, 6.07) is 8.96. The lowest BCUT2D eigenvalue weighted by Gasteiger charge is -2.37. The highest BCUT2D eigenvalue weighted by molar-refractivity contribution is 7.14. The maximum atomic E-state index is 13.0. The van der Waals surface area contributed by atoms with Crippen LogP contribution in [0.3, 0.4) is 0 Å². The van der Waals surface area contributed by atoms with E-state index in [9.17, 15) is 14.4 Å². The summed E-state index contributed by atoms with van der Waals surface area (Å²) in [6.45, 7) is 1.52. The number of benzene rings is 1. The first-order valence-electron chi connectivity index (χ1n) is 14.3. The van der Waals surface area contributed by atoms with Crippen molar-refractivity contribution >= 4 is 46.4 Å². The van der Waals surface area contributed by atoms with Gasteiger partial charge in [-0.05, 0) is 62.1 Å². The Labute approximate surface area is 248 Å².